The lowest BCUT2D eigenvalue weighted by atomic mass is 10.2. The predicted molar refractivity (Wildman–Crippen MR) is 83.7 cm³/mol. The molecule has 0 saturated carbocycles. The maximum absolute atomic E-state index is 12.2. The van der Waals surface area contributed by atoms with E-state index >= 15 is 0 Å². The summed E-state index contributed by atoms with van der Waals surface area (Å²) < 4.78 is 24.4. The van der Waals surface area contributed by atoms with Gasteiger partial charge in [-0.05, 0) is 12.8 Å². The van der Waals surface area contributed by atoms with Crippen LogP contribution in [0.2, 0.25) is 0 Å². The van der Waals surface area contributed by atoms with Crippen LogP contribution in [0.1, 0.15) is 19.8 Å². The maximum atomic E-state index is 12.2. The van der Waals surface area contributed by atoms with E-state index in [1.807, 2.05) is 6.92 Å². The Bertz CT molecular complexity index is 694. The molecule has 1 atom stereocenters. The van der Waals surface area contributed by atoms with Crippen LogP contribution in [0, 0.1) is 0 Å². The Labute approximate surface area is 133 Å². The molecule has 0 unspecified atom stereocenters. The molecule has 2 heterocycles. The van der Waals surface area contributed by atoms with E-state index in [0.717, 1.165) is 6.42 Å². The highest BCUT2D eigenvalue weighted by atomic mass is 32.2. The average molecular weight is 348 g/mol. The van der Waals surface area contributed by atoms with Crippen molar-refractivity contribution in [3.05, 3.63) is 10.5 Å². The van der Waals surface area contributed by atoms with Gasteiger partial charge in [-0.15, -0.1) is 5.10 Å². The standard InChI is InChI=1S/C12H20N4O4S2/c1-3-5-16-11(18)13-14-12(16)21-7-10(17)15(2)9-4-6-22(19,20)8-9/h9H,3-8H2,1-2H3,(H,13,18)/t9-/m1/s1. The summed E-state index contributed by atoms with van der Waals surface area (Å²) in [5, 5.41) is 6.76. The second kappa shape index (κ2) is 6.86. The van der Waals surface area contributed by atoms with Crippen molar-refractivity contribution in [1.29, 1.82) is 0 Å². The van der Waals surface area contributed by atoms with E-state index < -0.39 is 9.84 Å². The fraction of sp³-hybridized carbons (Fsp3) is 0.750. The molecular formula is C12H20N4O4S2. The third-order valence-electron chi connectivity index (χ3n) is 3.64. The Balaban J connectivity index is 1.94. The van der Waals surface area contributed by atoms with Crippen LogP contribution in [0.25, 0.3) is 0 Å². The lowest BCUT2D eigenvalue weighted by Gasteiger charge is -2.23. The first-order chi connectivity index (χ1) is 10.3. The summed E-state index contributed by atoms with van der Waals surface area (Å²) in [7, 11) is -1.39. The lowest BCUT2D eigenvalue weighted by Crippen LogP contribution is -2.38. The van der Waals surface area contributed by atoms with Crippen molar-refractivity contribution in [2.75, 3.05) is 24.3 Å². The zero-order chi connectivity index (χ0) is 16.3. The number of carbonyl (C=O) groups excluding carboxylic acids is 1. The summed E-state index contributed by atoms with van der Waals surface area (Å²) in [4.78, 5) is 25.2. The number of rotatable bonds is 6. The maximum Gasteiger partial charge on any atom is 0.343 e. The summed E-state index contributed by atoms with van der Waals surface area (Å²) in [5.41, 5.74) is -0.285. The second-order valence-corrected chi connectivity index (χ2v) is 8.48. The molecule has 1 N–H and O–H groups in total. The van der Waals surface area contributed by atoms with Gasteiger partial charge in [0.2, 0.25) is 5.91 Å². The van der Waals surface area contributed by atoms with Gasteiger partial charge >= 0.3 is 5.69 Å². The van der Waals surface area contributed by atoms with Gasteiger partial charge < -0.3 is 4.90 Å². The van der Waals surface area contributed by atoms with E-state index in [1.165, 1.54) is 21.2 Å². The highest BCUT2D eigenvalue weighted by molar-refractivity contribution is 7.99. The van der Waals surface area contributed by atoms with Gasteiger partial charge in [0.25, 0.3) is 0 Å². The van der Waals surface area contributed by atoms with Crippen molar-refractivity contribution in [2.45, 2.75) is 37.5 Å². The fourth-order valence-corrected chi connectivity index (χ4v) is 5.02. The van der Waals surface area contributed by atoms with Crippen LogP contribution < -0.4 is 5.69 Å². The minimum absolute atomic E-state index is 0.0306. The molecule has 1 saturated heterocycles. The summed E-state index contributed by atoms with van der Waals surface area (Å²) in [6.45, 7) is 2.50. The van der Waals surface area contributed by atoms with Crippen LogP contribution in [-0.2, 0) is 21.2 Å². The molecule has 1 fully saturated rings. The number of H-pyrrole nitrogens is 1. The zero-order valence-corrected chi connectivity index (χ0v) is 14.2. The Kier molecular flexibility index (Phi) is 5.32. The summed E-state index contributed by atoms with van der Waals surface area (Å²) in [6.07, 6.45) is 1.28. The number of nitrogens with one attached hydrogen (secondary N) is 1. The smallest absolute Gasteiger partial charge is 0.341 e. The molecule has 1 aliphatic heterocycles. The molecule has 10 heteroatoms. The van der Waals surface area contributed by atoms with Crippen LogP contribution >= 0.6 is 11.8 Å². The number of hydrogen-bond acceptors (Lipinski definition) is 6. The molecule has 1 aliphatic rings. The number of amides is 1. The van der Waals surface area contributed by atoms with E-state index in [0.29, 0.717) is 18.1 Å². The molecule has 0 spiro atoms. The van der Waals surface area contributed by atoms with E-state index in [4.69, 9.17) is 0 Å². The van der Waals surface area contributed by atoms with Gasteiger partial charge in [-0.3, -0.25) is 9.36 Å². The van der Waals surface area contributed by atoms with E-state index in [2.05, 4.69) is 10.2 Å². The molecule has 1 aromatic heterocycles. The molecular weight excluding hydrogens is 328 g/mol. The van der Waals surface area contributed by atoms with Gasteiger partial charge in [0.05, 0.1) is 17.3 Å². The first kappa shape index (κ1) is 17.1. The molecule has 0 aliphatic carbocycles. The molecule has 0 radical (unpaired) electrons. The van der Waals surface area contributed by atoms with Gasteiger partial charge in [0, 0.05) is 19.6 Å². The van der Waals surface area contributed by atoms with Crippen molar-refractivity contribution in [2.24, 2.45) is 0 Å². The molecule has 0 aromatic carbocycles. The molecule has 124 valence electrons. The number of aromatic amines is 1. The van der Waals surface area contributed by atoms with Crippen molar-refractivity contribution < 1.29 is 13.2 Å². The topological polar surface area (TPSA) is 105 Å². The third kappa shape index (κ3) is 3.92. The van der Waals surface area contributed by atoms with Gasteiger partial charge in [-0.1, -0.05) is 18.7 Å². The van der Waals surface area contributed by atoms with Crippen molar-refractivity contribution in [3.8, 4) is 0 Å². The predicted octanol–water partition coefficient (Wildman–Crippen LogP) is -0.281. The molecule has 22 heavy (non-hydrogen) atoms. The Morgan fingerprint density at radius 2 is 2.27 bits per heavy atom. The first-order valence-electron chi connectivity index (χ1n) is 7.08. The van der Waals surface area contributed by atoms with Gasteiger partial charge in [0.15, 0.2) is 15.0 Å². The number of sulfone groups is 1. The van der Waals surface area contributed by atoms with Gasteiger partial charge in [-0.2, -0.15) is 0 Å². The minimum atomic E-state index is -3.02. The van der Waals surface area contributed by atoms with Crippen LogP contribution in [0.4, 0.5) is 0 Å². The molecule has 2 rings (SSSR count). The highest BCUT2D eigenvalue weighted by Crippen LogP contribution is 2.19. The van der Waals surface area contributed by atoms with Crippen molar-refractivity contribution >= 4 is 27.5 Å². The molecule has 1 aromatic rings. The fourth-order valence-electron chi connectivity index (χ4n) is 2.35. The van der Waals surface area contributed by atoms with Gasteiger partial charge in [-0.25, -0.2) is 18.3 Å². The largest absolute Gasteiger partial charge is 0.343 e. The first-order valence-corrected chi connectivity index (χ1v) is 9.89. The Morgan fingerprint density at radius 3 is 2.86 bits per heavy atom. The van der Waals surface area contributed by atoms with E-state index in [9.17, 15) is 18.0 Å². The number of carbonyl (C=O) groups is 1. The quantitative estimate of drug-likeness (QED) is 0.709. The summed E-state index contributed by atoms with van der Waals surface area (Å²) in [5.74, 6) is 0.132. The van der Waals surface area contributed by atoms with Crippen LogP contribution in [0.15, 0.2) is 9.95 Å². The number of aromatic nitrogens is 3. The Hall–Kier alpha value is -1.29. The molecule has 8 nitrogen and oxygen atoms in total. The number of thioether (sulfide) groups is 1. The average Bonchev–Trinajstić information content (AvgIpc) is 3.00. The highest BCUT2D eigenvalue weighted by Gasteiger charge is 2.32. The van der Waals surface area contributed by atoms with Crippen molar-refractivity contribution in [1.82, 2.24) is 19.7 Å². The van der Waals surface area contributed by atoms with Crippen LogP contribution in [0.3, 0.4) is 0 Å². The van der Waals surface area contributed by atoms with Crippen LogP contribution in [0.5, 0.6) is 0 Å². The molecule has 0 bridgehead atoms. The number of nitrogens with zero attached hydrogens (tertiary/aromatic N) is 3. The Morgan fingerprint density at radius 1 is 1.55 bits per heavy atom. The zero-order valence-electron chi connectivity index (χ0n) is 12.6. The van der Waals surface area contributed by atoms with E-state index in [-0.39, 0.29) is 34.9 Å². The SMILES string of the molecule is CCCn1c(SCC(=O)N(C)[C@@H]2CCS(=O)(=O)C2)n[nH]c1=O. The normalized spacial score (nSPS) is 20.2. The summed E-state index contributed by atoms with van der Waals surface area (Å²) in [6, 6.07) is -0.255. The minimum Gasteiger partial charge on any atom is -0.341 e. The second-order valence-electron chi connectivity index (χ2n) is 5.31. The van der Waals surface area contributed by atoms with E-state index in [1.54, 1.807) is 7.05 Å². The third-order valence-corrected chi connectivity index (χ3v) is 6.36. The van der Waals surface area contributed by atoms with Crippen LogP contribution in [-0.4, -0.2) is 64.3 Å². The molecule has 1 amide bonds. The number of hydrogen-bond donors (Lipinski definition) is 1. The van der Waals surface area contributed by atoms with Crippen molar-refractivity contribution in [3.63, 3.8) is 0 Å². The van der Waals surface area contributed by atoms with Gasteiger partial charge in [0.1, 0.15) is 0 Å². The monoisotopic (exact) mass is 348 g/mol. The summed E-state index contributed by atoms with van der Waals surface area (Å²) >= 11 is 1.18. The lowest BCUT2D eigenvalue weighted by molar-refractivity contribution is -0.128.